The van der Waals surface area contributed by atoms with Gasteiger partial charge in [0.1, 0.15) is 0 Å². The maximum absolute atomic E-state index is 6.04. The Morgan fingerprint density at radius 2 is 1.68 bits per heavy atom. The first kappa shape index (κ1) is 13.9. The Labute approximate surface area is 127 Å². The average Bonchev–Trinajstić information content (AvgIpc) is 3.05. The molecular formula is C16H15N3O3. The van der Waals surface area contributed by atoms with Crippen molar-refractivity contribution in [2.45, 2.75) is 0 Å². The normalized spacial score (nSPS) is 10.5. The van der Waals surface area contributed by atoms with Crippen molar-refractivity contribution in [2.75, 3.05) is 20.0 Å². The van der Waals surface area contributed by atoms with Gasteiger partial charge in [0.25, 0.3) is 5.89 Å². The van der Waals surface area contributed by atoms with Crippen LogP contribution in [-0.2, 0) is 0 Å². The number of nitrogen functional groups attached to an aromatic ring is 1. The van der Waals surface area contributed by atoms with E-state index in [9.17, 15) is 0 Å². The highest BCUT2D eigenvalue weighted by atomic mass is 16.5. The molecule has 0 radical (unpaired) electrons. The van der Waals surface area contributed by atoms with Gasteiger partial charge in [-0.15, -0.1) is 0 Å². The van der Waals surface area contributed by atoms with Crippen LogP contribution in [0.4, 0.5) is 5.69 Å². The zero-order chi connectivity index (χ0) is 15.5. The summed E-state index contributed by atoms with van der Waals surface area (Å²) in [4.78, 5) is 4.39. The van der Waals surface area contributed by atoms with Crippen LogP contribution >= 0.6 is 0 Å². The first-order valence-corrected chi connectivity index (χ1v) is 6.64. The molecule has 0 aliphatic carbocycles. The second-order valence-electron chi connectivity index (χ2n) is 4.58. The van der Waals surface area contributed by atoms with Crippen molar-refractivity contribution in [3.63, 3.8) is 0 Å². The molecule has 0 spiro atoms. The zero-order valence-corrected chi connectivity index (χ0v) is 12.2. The fourth-order valence-electron chi connectivity index (χ4n) is 2.12. The first-order chi connectivity index (χ1) is 10.7. The predicted molar refractivity (Wildman–Crippen MR) is 82.7 cm³/mol. The number of hydrogen-bond acceptors (Lipinski definition) is 6. The van der Waals surface area contributed by atoms with Crippen LogP contribution < -0.4 is 15.2 Å². The summed E-state index contributed by atoms with van der Waals surface area (Å²) >= 11 is 0. The maximum atomic E-state index is 6.04. The summed E-state index contributed by atoms with van der Waals surface area (Å²) in [5.74, 6) is 1.93. The van der Waals surface area contributed by atoms with Crippen molar-refractivity contribution in [1.29, 1.82) is 0 Å². The van der Waals surface area contributed by atoms with Crippen LogP contribution in [0.5, 0.6) is 11.5 Å². The van der Waals surface area contributed by atoms with Gasteiger partial charge in [-0.1, -0.05) is 35.5 Å². The van der Waals surface area contributed by atoms with Gasteiger partial charge in [0.2, 0.25) is 5.82 Å². The first-order valence-electron chi connectivity index (χ1n) is 6.64. The van der Waals surface area contributed by atoms with E-state index in [1.165, 1.54) is 0 Å². The maximum Gasteiger partial charge on any atom is 0.260 e. The van der Waals surface area contributed by atoms with Crippen LogP contribution in [0.1, 0.15) is 0 Å². The van der Waals surface area contributed by atoms with Gasteiger partial charge in [-0.3, -0.25) is 0 Å². The molecule has 3 aromatic rings. The fourth-order valence-corrected chi connectivity index (χ4v) is 2.12. The van der Waals surface area contributed by atoms with Crippen molar-refractivity contribution in [3.05, 3.63) is 42.5 Å². The van der Waals surface area contributed by atoms with E-state index in [-0.39, 0.29) is 0 Å². The van der Waals surface area contributed by atoms with Crippen LogP contribution in [0.3, 0.4) is 0 Å². The molecule has 0 bridgehead atoms. The van der Waals surface area contributed by atoms with Crippen molar-refractivity contribution >= 4 is 5.69 Å². The average molecular weight is 297 g/mol. The minimum Gasteiger partial charge on any atom is -0.493 e. The molecule has 6 nitrogen and oxygen atoms in total. The minimum atomic E-state index is 0.331. The van der Waals surface area contributed by atoms with E-state index < -0.39 is 0 Å². The molecule has 0 amide bonds. The van der Waals surface area contributed by atoms with E-state index in [1.54, 1.807) is 26.4 Å². The van der Waals surface area contributed by atoms with E-state index in [0.29, 0.717) is 34.5 Å². The van der Waals surface area contributed by atoms with Crippen molar-refractivity contribution in [3.8, 4) is 34.3 Å². The van der Waals surface area contributed by atoms with Crippen LogP contribution in [-0.4, -0.2) is 24.4 Å². The largest absolute Gasteiger partial charge is 0.493 e. The third-order valence-corrected chi connectivity index (χ3v) is 3.24. The summed E-state index contributed by atoms with van der Waals surface area (Å²) in [6.07, 6.45) is 0. The van der Waals surface area contributed by atoms with Crippen molar-refractivity contribution in [2.24, 2.45) is 0 Å². The highest BCUT2D eigenvalue weighted by molar-refractivity contribution is 5.75. The number of nitrogens with zero attached hydrogens (tertiary/aromatic N) is 2. The Hall–Kier alpha value is -3.02. The Balaban J connectivity index is 2.03. The molecular weight excluding hydrogens is 282 g/mol. The lowest BCUT2D eigenvalue weighted by molar-refractivity contribution is 0.355. The SMILES string of the molecule is COc1cc(N)c(-c2nc(-c3ccccc3)no2)cc1OC. The van der Waals surface area contributed by atoms with E-state index >= 15 is 0 Å². The summed E-state index contributed by atoms with van der Waals surface area (Å²) in [5.41, 5.74) is 7.99. The molecule has 0 fully saturated rings. The Bertz CT molecular complexity index is 785. The van der Waals surface area contributed by atoms with Gasteiger partial charge < -0.3 is 19.7 Å². The van der Waals surface area contributed by atoms with Gasteiger partial charge in [-0.2, -0.15) is 4.98 Å². The zero-order valence-electron chi connectivity index (χ0n) is 12.2. The lowest BCUT2D eigenvalue weighted by Gasteiger charge is -2.10. The molecule has 0 aliphatic rings. The molecule has 0 saturated heterocycles. The van der Waals surface area contributed by atoms with E-state index in [0.717, 1.165) is 5.56 Å². The number of aromatic nitrogens is 2. The number of hydrogen-bond donors (Lipinski definition) is 1. The molecule has 3 rings (SSSR count). The van der Waals surface area contributed by atoms with Crippen LogP contribution in [0.25, 0.3) is 22.8 Å². The molecule has 6 heteroatoms. The Morgan fingerprint density at radius 3 is 2.36 bits per heavy atom. The van der Waals surface area contributed by atoms with Crippen molar-refractivity contribution < 1.29 is 14.0 Å². The third-order valence-electron chi connectivity index (χ3n) is 3.24. The summed E-state index contributed by atoms with van der Waals surface area (Å²) in [7, 11) is 3.11. The number of anilines is 1. The topological polar surface area (TPSA) is 83.4 Å². The number of benzene rings is 2. The summed E-state index contributed by atoms with van der Waals surface area (Å²) in [5, 5.41) is 3.99. The number of ether oxygens (including phenoxy) is 2. The molecule has 1 heterocycles. The summed E-state index contributed by atoms with van der Waals surface area (Å²) in [6.45, 7) is 0. The molecule has 0 atom stereocenters. The number of nitrogens with two attached hydrogens (primary N) is 1. The van der Waals surface area contributed by atoms with Gasteiger partial charge in [-0.05, 0) is 6.07 Å². The van der Waals surface area contributed by atoms with Gasteiger partial charge in [-0.25, -0.2) is 0 Å². The second-order valence-corrected chi connectivity index (χ2v) is 4.58. The Kier molecular flexibility index (Phi) is 3.65. The quantitative estimate of drug-likeness (QED) is 0.745. The molecule has 1 aromatic heterocycles. The lowest BCUT2D eigenvalue weighted by atomic mass is 10.1. The van der Waals surface area contributed by atoms with E-state index in [2.05, 4.69) is 10.1 Å². The Morgan fingerprint density at radius 1 is 1.00 bits per heavy atom. The summed E-state index contributed by atoms with van der Waals surface area (Å²) in [6, 6.07) is 13.0. The predicted octanol–water partition coefficient (Wildman–Crippen LogP) is 3.00. The highest BCUT2D eigenvalue weighted by Crippen LogP contribution is 2.37. The molecule has 0 aliphatic heterocycles. The van der Waals surface area contributed by atoms with Crippen LogP contribution in [0.2, 0.25) is 0 Å². The van der Waals surface area contributed by atoms with Gasteiger partial charge in [0, 0.05) is 17.3 Å². The monoisotopic (exact) mass is 297 g/mol. The van der Waals surface area contributed by atoms with Gasteiger partial charge in [0.05, 0.1) is 19.8 Å². The molecule has 2 aromatic carbocycles. The molecule has 0 unspecified atom stereocenters. The number of rotatable bonds is 4. The molecule has 112 valence electrons. The van der Waals surface area contributed by atoms with Gasteiger partial charge in [0.15, 0.2) is 11.5 Å². The lowest BCUT2D eigenvalue weighted by Crippen LogP contribution is -1.96. The number of methoxy groups -OCH3 is 2. The van der Waals surface area contributed by atoms with Crippen molar-refractivity contribution in [1.82, 2.24) is 10.1 Å². The molecule has 0 saturated carbocycles. The molecule has 2 N–H and O–H groups in total. The smallest absolute Gasteiger partial charge is 0.260 e. The third kappa shape index (κ3) is 2.46. The van der Waals surface area contributed by atoms with E-state index in [4.69, 9.17) is 19.7 Å². The van der Waals surface area contributed by atoms with Crippen LogP contribution in [0.15, 0.2) is 47.0 Å². The standard InChI is InChI=1S/C16H15N3O3/c1-20-13-8-11(12(17)9-14(13)21-2)16-18-15(19-22-16)10-6-4-3-5-7-10/h3-9H,17H2,1-2H3. The van der Waals surface area contributed by atoms with Crippen LogP contribution in [0, 0.1) is 0 Å². The van der Waals surface area contributed by atoms with Gasteiger partial charge >= 0.3 is 0 Å². The molecule has 22 heavy (non-hydrogen) atoms. The second kappa shape index (κ2) is 5.77. The fraction of sp³-hybridized carbons (Fsp3) is 0.125. The highest BCUT2D eigenvalue weighted by Gasteiger charge is 2.16. The minimum absolute atomic E-state index is 0.331. The summed E-state index contributed by atoms with van der Waals surface area (Å²) < 4.78 is 15.8. The van der Waals surface area contributed by atoms with E-state index in [1.807, 2.05) is 30.3 Å².